The van der Waals surface area contributed by atoms with Crippen LogP contribution in [0.3, 0.4) is 0 Å². The van der Waals surface area contributed by atoms with Crippen molar-refractivity contribution < 1.29 is 9.59 Å². The maximum Gasteiger partial charge on any atom is 0.243 e. The van der Waals surface area contributed by atoms with Crippen molar-refractivity contribution in [3.8, 4) is 5.69 Å². The zero-order chi connectivity index (χ0) is 18.4. The SMILES string of the molecule is CC(C(=O)NCC(=O)Nc1ccc(-n2cccn2)cc1)c1ccccc1. The summed E-state index contributed by atoms with van der Waals surface area (Å²) < 4.78 is 1.73. The first-order valence-electron chi connectivity index (χ1n) is 8.36. The lowest BCUT2D eigenvalue weighted by molar-refractivity contribution is -0.125. The summed E-state index contributed by atoms with van der Waals surface area (Å²) in [4.78, 5) is 24.2. The Hall–Kier alpha value is -3.41. The van der Waals surface area contributed by atoms with Gasteiger partial charge in [0, 0.05) is 18.1 Å². The highest BCUT2D eigenvalue weighted by atomic mass is 16.2. The van der Waals surface area contributed by atoms with Crippen LogP contribution in [-0.2, 0) is 9.59 Å². The third-order valence-corrected chi connectivity index (χ3v) is 4.04. The number of carbonyl (C=O) groups is 2. The highest BCUT2D eigenvalue weighted by molar-refractivity contribution is 5.95. The van der Waals surface area contributed by atoms with Gasteiger partial charge in [0.15, 0.2) is 0 Å². The summed E-state index contributed by atoms with van der Waals surface area (Å²) >= 11 is 0. The van der Waals surface area contributed by atoms with Crippen LogP contribution < -0.4 is 10.6 Å². The van der Waals surface area contributed by atoms with Crippen LogP contribution in [0.2, 0.25) is 0 Å². The first-order chi connectivity index (χ1) is 12.6. The Morgan fingerprint density at radius 1 is 1.04 bits per heavy atom. The fraction of sp³-hybridized carbons (Fsp3) is 0.150. The molecule has 132 valence electrons. The Labute approximate surface area is 151 Å². The van der Waals surface area contributed by atoms with Crippen LogP contribution in [-0.4, -0.2) is 28.1 Å². The van der Waals surface area contributed by atoms with Gasteiger partial charge >= 0.3 is 0 Å². The minimum absolute atomic E-state index is 0.0725. The molecule has 0 saturated heterocycles. The molecule has 26 heavy (non-hydrogen) atoms. The summed E-state index contributed by atoms with van der Waals surface area (Å²) in [5.74, 6) is -0.761. The number of hydrogen-bond donors (Lipinski definition) is 2. The summed E-state index contributed by atoms with van der Waals surface area (Å²) in [6.45, 7) is 1.74. The maximum absolute atomic E-state index is 12.2. The summed E-state index contributed by atoms with van der Waals surface area (Å²) in [6, 6.07) is 18.6. The first-order valence-corrected chi connectivity index (χ1v) is 8.36. The van der Waals surface area contributed by atoms with Gasteiger partial charge in [-0.05, 0) is 42.8 Å². The number of rotatable bonds is 6. The summed E-state index contributed by atoms with van der Waals surface area (Å²) in [6.07, 6.45) is 3.55. The van der Waals surface area contributed by atoms with Gasteiger partial charge in [-0.3, -0.25) is 9.59 Å². The molecule has 0 spiro atoms. The molecule has 1 aromatic heterocycles. The molecule has 6 heteroatoms. The predicted molar refractivity (Wildman–Crippen MR) is 100 cm³/mol. The molecule has 1 heterocycles. The Balaban J connectivity index is 1.50. The monoisotopic (exact) mass is 348 g/mol. The number of carbonyl (C=O) groups excluding carboxylic acids is 2. The van der Waals surface area contributed by atoms with Gasteiger partial charge in [-0.15, -0.1) is 0 Å². The van der Waals surface area contributed by atoms with E-state index in [1.54, 1.807) is 23.0 Å². The van der Waals surface area contributed by atoms with Crippen molar-refractivity contribution in [1.29, 1.82) is 0 Å². The van der Waals surface area contributed by atoms with Gasteiger partial charge in [0.05, 0.1) is 18.2 Å². The molecule has 3 rings (SSSR count). The van der Waals surface area contributed by atoms with Crippen LogP contribution in [0.15, 0.2) is 73.1 Å². The quantitative estimate of drug-likeness (QED) is 0.719. The van der Waals surface area contributed by atoms with Crippen LogP contribution >= 0.6 is 0 Å². The minimum Gasteiger partial charge on any atom is -0.347 e. The van der Waals surface area contributed by atoms with Crippen molar-refractivity contribution in [2.45, 2.75) is 12.8 Å². The van der Waals surface area contributed by atoms with E-state index in [2.05, 4.69) is 15.7 Å². The van der Waals surface area contributed by atoms with E-state index in [0.29, 0.717) is 5.69 Å². The van der Waals surface area contributed by atoms with Crippen molar-refractivity contribution in [3.63, 3.8) is 0 Å². The third-order valence-electron chi connectivity index (χ3n) is 4.04. The highest BCUT2D eigenvalue weighted by Crippen LogP contribution is 2.14. The van der Waals surface area contributed by atoms with Gasteiger partial charge in [-0.25, -0.2) is 4.68 Å². The lowest BCUT2D eigenvalue weighted by atomic mass is 10.0. The molecule has 2 amide bonds. The number of amides is 2. The predicted octanol–water partition coefficient (Wildman–Crippen LogP) is 2.73. The van der Waals surface area contributed by atoms with Crippen LogP contribution in [0, 0.1) is 0 Å². The fourth-order valence-electron chi connectivity index (χ4n) is 2.54. The third kappa shape index (κ3) is 4.36. The molecule has 0 aliphatic heterocycles. The van der Waals surface area contributed by atoms with Crippen molar-refractivity contribution in [1.82, 2.24) is 15.1 Å². The zero-order valence-corrected chi connectivity index (χ0v) is 14.4. The first kappa shape index (κ1) is 17.4. The summed E-state index contributed by atoms with van der Waals surface area (Å²) in [7, 11) is 0. The fourth-order valence-corrected chi connectivity index (χ4v) is 2.54. The van der Waals surface area contributed by atoms with Gasteiger partial charge in [0.1, 0.15) is 0 Å². The van der Waals surface area contributed by atoms with Crippen LogP contribution in [0.25, 0.3) is 5.69 Å². The lowest BCUT2D eigenvalue weighted by Crippen LogP contribution is -2.35. The van der Waals surface area contributed by atoms with Crippen LogP contribution in [0.5, 0.6) is 0 Å². The number of nitrogens with one attached hydrogen (secondary N) is 2. The smallest absolute Gasteiger partial charge is 0.243 e. The topological polar surface area (TPSA) is 76.0 Å². The highest BCUT2D eigenvalue weighted by Gasteiger charge is 2.15. The summed E-state index contributed by atoms with van der Waals surface area (Å²) in [5.41, 5.74) is 2.48. The Kier molecular flexibility index (Phi) is 5.43. The largest absolute Gasteiger partial charge is 0.347 e. The van der Waals surface area contributed by atoms with Crippen molar-refractivity contribution in [3.05, 3.63) is 78.6 Å². The van der Waals surface area contributed by atoms with Gasteiger partial charge in [-0.1, -0.05) is 30.3 Å². The standard InChI is InChI=1S/C20H20N4O2/c1-15(16-6-3-2-4-7-16)20(26)21-14-19(25)23-17-8-10-18(11-9-17)24-13-5-12-22-24/h2-13,15H,14H2,1H3,(H,21,26)(H,23,25). The van der Waals surface area contributed by atoms with Crippen LogP contribution in [0.4, 0.5) is 5.69 Å². The number of nitrogens with zero attached hydrogens (tertiary/aromatic N) is 2. The molecule has 1 atom stereocenters. The average Bonchev–Trinajstić information content (AvgIpc) is 3.21. The second-order valence-electron chi connectivity index (χ2n) is 5.90. The molecule has 0 aliphatic rings. The number of benzene rings is 2. The van der Waals surface area contributed by atoms with E-state index in [1.165, 1.54) is 0 Å². The van der Waals surface area contributed by atoms with E-state index < -0.39 is 0 Å². The molecule has 0 saturated carbocycles. The molecule has 0 radical (unpaired) electrons. The Morgan fingerprint density at radius 3 is 2.42 bits per heavy atom. The molecule has 3 aromatic rings. The normalized spacial score (nSPS) is 11.6. The molecule has 0 aliphatic carbocycles. The number of aromatic nitrogens is 2. The summed E-state index contributed by atoms with van der Waals surface area (Å²) in [5, 5.41) is 9.58. The molecule has 1 unspecified atom stereocenters. The average molecular weight is 348 g/mol. The second kappa shape index (κ2) is 8.11. The lowest BCUT2D eigenvalue weighted by Gasteiger charge is -2.12. The van der Waals surface area contributed by atoms with Gasteiger partial charge in [-0.2, -0.15) is 5.10 Å². The van der Waals surface area contributed by atoms with E-state index in [4.69, 9.17) is 0 Å². The minimum atomic E-state index is -0.308. The molecule has 2 N–H and O–H groups in total. The molecular formula is C20H20N4O2. The number of hydrogen-bond acceptors (Lipinski definition) is 3. The van der Waals surface area contributed by atoms with Gasteiger partial charge in [0.25, 0.3) is 0 Å². The van der Waals surface area contributed by atoms with E-state index in [0.717, 1.165) is 11.3 Å². The second-order valence-corrected chi connectivity index (χ2v) is 5.90. The van der Waals surface area contributed by atoms with Gasteiger partial charge < -0.3 is 10.6 Å². The van der Waals surface area contributed by atoms with E-state index >= 15 is 0 Å². The molecule has 2 aromatic carbocycles. The van der Waals surface area contributed by atoms with Crippen molar-refractivity contribution >= 4 is 17.5 Å². The molecule has 0 fully saturated rings. The van der Waals surface area contributed by atoms with E-state index in [-0.39, 0.29) is 24.3 Å². The molecular weight excluding hydrogens is 328 g/mol. The molecule has 6 nitrogen and oxygen atoms in total. The van der Waals surface area contributed by atoms with Crippen molar-refractivity contribution in [2.75, 3.05) is 11.9 Å². The van der Waals surface area contributed by atoms with Crippen LogP contribution in [0.1, 0.15) is 18.4 Å². The maximum atomic E-state index is 12.2. The zero-order valence-electron chi connectivity index (χ0n) is 14.4. The Bertz CT molecular complexity index is 859. The van der Waals surface area contributed by atoms with Crippen molar-refractivity contribution in [2.24, 2.45) is 0 Å². The Morgan fingerprint density at radius 2 is 1.77 bits per heavy atom. The molecule has 0 bridgehead atoms. The number of anilines is 1. The van der Waals surface area contributed by atoms with E-state index in [9.17, 15) is 9.59 Å². The van der Waals surface area contributed by atoms with E-state index in [1.807, 2.05) is 61.7 Å². The van der Waals surface area contributed by atoms with Gasteiger partial charge in [0.2, 0.25) is 11.8 Å².